The third kappa shape index (κ3) is 8.36. The van der Waals surface area contributed by atoms with Gasteiger partial charge in [0.15, 0.2) is 5.96 Å². The van der Waals surface area contributed by atoms with E-state index >= 15 is 0 Å². The van der Waals surface area contributed by atoms with Crippen molar-refractivity contribution in [3.8, 4) is 5.75 Å². The largest absolute Gasteiger partial charge is 0.491 e. The molecule has 2 N–H and O–H groups in total. The van der Waals surface area contributed by atoms with Crippen LogP contribution < -0.4 is 15.4 Å². The molecule has 2 aromatic carbocycles. The van der Waals surface area contributed by atoms with E-state index in [9.17, 15) is 0 Å². The highest BCUT2D eigenvalue weighted by Gasteiger charge is 2.06. The van der Waals surface area contributed by atoms with Gasteiger partial charge >= 0.3 is 0 Å². The predicted octanol–water partition coefficient (Wildman–Crippen LogP) is 4.16. The highest BCUT2D eigenvalue weighted by atomic mass is 127. The Bertz CT molecular complexity index is 724. The summed E-state index contributed by atoms with van der Waals surface area (Å²) in [5, 5.41) is 7.35. The lowest BCUT2D eigenvalue weighted by atomic mass is 10.1. The average Bonchev–Trinajstić information content (AvgIpc) is 2.65. The molecule has 7 heteroatoms. The smallest absolute Gasteiger partial charge is 0.191 e. The molecule has 0 heterocycles. The molecule has 0 spiro atoms. The van der Waals surface area contributed by atoms with Crippen LogP contribution in [0.2, 0.25) is 5.02 Å². The molecule has 0 aliphatic carbocycles. The van der Waals surface area contributed by atoms with Gasteiger partial charge in [0.25, 0.3) is 0 Å². The lowest BCUT2D eigenvalue weighted by Crippen LogP contribution is -2.36. The maximum Gasteiger partial charge on any atom is 0.191 e. The van der Waals surface area contributed by atoms with E-state index < -0.39 is 0 Å². The Balaban J connectivity index is 0.00000364. The summed E-state index contributed by atoms with van der Waals surface area (Å²) in [5.41, 5.74) is 3.36. The molecular formula is C20H27ClIN3O2. The molecule has 5 nitrogen and oxygen atoms in total. The van der Waals surface area contributed by atoms with E-state index in [1.54, 1.807) is 14.2 Å². The second-order valence-corrected chi connectivity index (χ2v) is 6.29. The second kappa shape index (κ2) is 12.8. The van der Waals surface area contributed by atoms with Crippen LogP contribution in [-0.4, -0.2) is 33.3 Å². The van der Waals surface area contributed by atoms with E-state index in [-0.39, 0.29) is 24.0 Å². The number of aliphatic imine (C=N–C) groups is 1. The van der Waals surface area contributed by atoms with Crippen molar-refractivity contribution in [1.29, 1.82) is 0 Å². The Morgan fingerprint density at radius 1 is 1.04 bits per heavy atom. The fraction of sp³-hybridized carbons (Fsp3) is 0.350. The van der Waals surface area contributed by atoms with Crippen LogP contribution >= 0.6 is 35.6 Å². The van der Waals surface area contributed by atoms with E-state index in [4.69, 9.17) is 21.1 Å². The summed E-state index contributed by atoms with van der Waals surface area (Å²) in [5.74, 6) is 1.59. The van der Waals surface area contributed by atoms with E-state index in [2.05, 4.69) is 27.8 Å². The third-order valence-corrected chi connectivity index (χ3v) is 4.06. The lowest BCUT2D eigenvalue weighted by molar-refractivity contribution is 0.145. The highest BCUT2D eigenvalue weighted by molar-refractivity contribution is 14.0. The van der Waals surface area contributed by atoms with Gasteiger partial charge < -0.3 is 20.1 Å². The number of guanidine groups is 1. The van der Waals surface area contributed by atoms with E-state index in [1.807, 2.05) is 37.3 Å². The average molecular weight is 504 g/mol. The zero-order valence-corrected chi connectivity index (χ0v) is 19.0. The van der Waals surface area contributed by atoms with Crippen molar-refractivity contribution in [3.05, 3.63) is 64.2 Å². The van der Waals surface area contributed by atoms with Crippen molar-refractivity contribution in [2.75, 3.05) is 27.4 Å². The number of rotatable bonds is 8. The Labute approximate surface area is 183 Å². The highest BCUT2D eigenvalue weighted by Crippen LogP contribution is 2.20. The standard InChI is InChI=1S/C20H26ClN3O2.HI/c1-15-4-7-17(19(12-15)26-11-10-25-3)14-24-20(22-2)23-13-16-5-8-18(21)9-6-16;/h4-9,12H,10-11,13-14H2,1-3H3,(H2,22,23,24);1H. The minimum atomic E-state index is 0. The minimum Gasteiger partial charge on any atom is -0.491 e. The molecule has 0 unspecified atom stereocenters. The van der Waals surface area contributed by atoms with Crippen LogP contribution in [0.5, 0.6) is 5.75 Å². The number of aryl methyl sites for hydroxylation is 1. The van der Waals surface area contributed by atoms with Gasteiger partial charge in [0, 0.05) is 37.8 Å². The first kappa shape index (κ1) is 23.5. The van der Waals surface area contributed by atoms with Crippen LogP contribution in [0.15, 0.2) is 47.5 Å². The maximum absolute atomic E-state index is 5.91. The maximum atomic E-state index is 5.91. The van der Waals surface area contributed by atoms with Crippen LogP contribution in [0.4, 0.5) is 0 Å². The second-order valence-electron chi connectivity index (χ2n) is 5.86. The summed E-state index contributed by atoms with van der Waals surface area (Å²) in [6, 6.07) is 13.9. The van der Waals surface area contributed by atoms with Gasteiger partial charge in [-0.25, -0.2) is 0 Å². The van der Waals surface area contributed by atoms with Gasteiger partial charge in [-0.05, 0) is 36.2 Å². The van der Waals surface area contributed by atoms with E-state index in [0.29, 0.717) is 26.3 Å². The van der Waals surface area contributed by atoms with Crippen molar-refractivity contribution in [1.82, 2.24) is 10.6 Å². The van der Waals surface area contributed by atoms with Crippen molar-refractivity contribution in [3.63, 3.8) is 0 Å². The molecule has 0 saturated heterocycles. The first-order valence-corrected chi connectivity index (χ1v) is 8.90. The molecule has 0 fully saturated rings. The van der Waals surface area contributed by atoms with Gasteiger partial charge in [-0.3, -0.25) is 4.99 Å². The predicted molar refractivity (Wildman–Crippen MR) is 122 cm³/mol. The number of nitrogens with one attached hydrogen (secondary N) is 2. The zero-order chi connectivity index (χ0) is 18.8. The van der Waals surface area contributed by atoms with Crippen LogP contribution in [0, 0.1) is 6.92 Å². The topological polar surface area (TPSA) is 54.9 Å². The molecule has 2 rings (SSSR count). The van der Waals surface area contributed by atoms with E-state index in [1.165, 1.54) is 0 Å². The summed E-state index contributed by atoms with van der Waals surface area (Å²) in [4.78, 5) is 4.27. The lowest BCUT2D eigenvalue weighted by Gasteiger charge is -2.15. The molecule has 27 heavy (non-hydrogen) atoms. The minimum absolute atomic E-state index is 0. The molecule has 0 aliphatic rings. The number of halogens is 2. The first-order chi connectivity index (χ1) is 12.6. The molecule has 2 aromatic rings. The number of benzene rings is 2. The molecule has 0 saturated carbocycles. The van der Waals surface area contributed by atoms with E-state index in [0.717, 1.165) is 33.4 Å². The summed E-state index contributed by atoms with van der Waals surface area (Å²) >= 11 is 5.91. The number of hydrogen-bond acceptors (Lipinski definition) is 3. The fourth-order valence-electron chi connectivity index (χ4n) is 2.36. The van der Waals surface area contributed by atoms with Crippen molar-refractivity contribution in [2.45, 2.75) is 20.0 Å². The number of hydrogen-bond donors (Lipinski definition) is 2. The summed E-state index contributed by atoms with van der Waals surface area (Å²) < 4.78 is 10.9. The van der Waals surface area contributed by atoms with Crippen LogP contribution in [0.1, 0.15) is 16.7 Å². The molecular weight excluding hydrogens is 477 g/mol. The fourth-order valence-corrected chi connectivity index (χ4v) is 2.49. The zero-order valence-electron chi connectivity index (χ0n) is 15.9. The number of ether oxygens (including phenoxy) is 2. The first-order valence-electron chi connectivity index (χ1n) is 8.52. The van der Waals surface area contributed by atoms with Crippen LogP contribution in [0.25, 0.3) is 0 Å². The molecule has 0 bridgehead atoms. The van der Waals surface area contributed by atoms with Gasteiger partial charge in [-0.1, -0.05) is 35.9 Å². The monoisotopic (exact) mass is 503 g/mol. The normalized spacial score (nSPS) is 10.9. The van der Waals surface area contributed by atoms with Gasteiger partial charge in [0.2, 0.25) is 0 Å². The van der Waals surface area contributed by atoms with Gasteiger partial charge in [-0.2, -0.15) is 0 Å². The quantitative estimate of drug-likeness (QED) is 0.246. The Kier molecular flexibility index (Phi) is 11.2. The Morgan fingerprint density at radius 3 is 2.41 bits per heavy atom. The number of methoxy groups -OCH3 is 1. The van der Waals surface area contributed by atoms with Crippen LogP contribution in [-0.2, 0) is 17.8 Å². The SMILES string of the molecule is CN=C(NCc1ccc(Cl)cc1)NCc1ccc(C)cc1OCCOC.I. The number of nitrogens with zero attached hydrogens (tertiary/aromatic N) is 1. The van der Waals surface area contributed by atoms with Gasteiger partial charge in [-0.15, -0.1) is 24.0 Å². The summed E-state index contributed by atoms with van der Waals surface area (Å²) in [7, 11) is 3.42. The molecule has 0 aromatic heterocycles. The molecule has 0 amide bonds. The van der Waals surface area contributed by atoms with Crippen molar-refractivity contribution < 1.29 is 9.47 Å². The molecule has 148 valence electrons. The Hall–Kier alpha value is -1.51. The van der Waals surface area contributed by atoms with Crippen molar-refractivity contribution >= 4 is 41.5 Å². The summed E-state index contributed by atoms with van der Waals surface area (Å²) in [6.07, 6.45) is 0. The third-order valence-electron chi connectivity index (χ3n) is 3.81. The molecule has 0 radical (unpaired) electrons. The molecule has 0 atom stereocenters. The summed E-state index contributed by atoms with van der Waals surface area (Å²) in [6.45, 7) is 4.42. The van der Waals surface area contributed by atoms with Crippen molar-refractivity contribution in [2.24, 2.45) is 4.99 Å². The molecule has 0 aliphatic heterocycles. The van der Waals surface area contributed by atoms with Gasteiger partial charge in [0.1, 0.15) is 12.4 Å². The van der Waals surface area contributed by atoms with Gasteiger partial charge in [0.05, 0.1) is 6.61 Å². The van der Waals surface area contributed by atoms with Crippen LogP contribution in [0.3, 0.4) is 0 Å². The Morgan fingerprint density at radius 2 is 1.74 bits per heavy atom.